The summed E-state index contributed by atoms with van der Waals surface area (Å²) in [4.78, 5) is 29.3. The van der Waals surface area contributed by atoms with Crippen LogP contribution in [0.5, 0.6) is 5.75 Å². The number of carbonyl (C=O) groups excluding carboxylic acids is 2. The minimum Gasteiger partial charge on any atom is -0.406 e. The summed E-state index contributed by atoms with van der Waals surface area (Å²) in [5.74, 6) is -2.17. The molecule has 2 amide bonds. The number of nitrogens with one attached hydrogen (secondary N) is 2. The molecule has 4 rings (SSSR count). The number of carbonyl (C=O) groups is 2. The van der Waals surface area contributed by atoms with E-state index >= 15 is 0 Å². The number of anilines is 2. The van der Waals surface area contributed by atoms with E-state index in [1.54, 1.807) is 0 Å². The minimum absolute atomic E-state index is 0.134. The first-order chi connectivity index (χ1) is 16.7. The molecule has 0 aliphatic carbocycles. The van der Waals surface area contributed by atoms with Crippen molar-refractivity contribution in [1.29, 1.82) is 0 Å². The topological polar surface area (TPSA) is 83.1 Å². The zero-order valence-electron chi connectivity index (χ0n) is 19.2. The molecule has 0 saturated carbocycles. The van der Waals surface area contributed by atoms with Crippen LogP contribution in [0.4, 0.5) is 24.5 Å². The molecule has 2 aromatic rings. The largest absolute Gasteiger partial charge is 0.573 e. The van der Waals surface area contributed by atoms with Gasteiger partial charge in [0.2, 0.25) is 0 Å². The Morgan fingerprint density at radius 3 is 2.46 bits per heavy atom. The third-order valence-electron chi connectivity index (χ3n) is 6.11. The van der Waals surface area contributed by atoms with Crippen LogP contribution < -0.4 is 20.3 Å². The van der Waals surface area contributed by atoms with E-state index in [-0.39, 0.29) is 18.3 Å². The molecule has 1 fully saturated rings. The van der Waals surface area contributed by atoms with Crippen molar-refractivity contribution < 1.29 is 32.2 Å². The lowest BCUT2D eigenvalue weighted by Crippen LogP contribution is -2.45. The molecule has 35 heavy (non-hydrogen) atoms. The highest BCUT2D eigenvalue weighted by Crippen LogP contribution is 2.31. The fourth-order valence-corrected chi connectivity index (χ4v) is 4.34. The average Bonchev–Trinajstić information content (AvgIpc) is 3.20. The number of amides is 2. The molecule has 0 aromatic heterocycles. The van der Waals surface area contributed by atoms with Crippen molar-refractivity contribution in [2.45, 2.75) is 18.8 Å². The van der Waals surface area contributed by atoms with Gasteiger partial charge in [0.05, 0.1) is 19.3 Å². The van der Waals surface area contributed by atoms with E-state index in [1.807, 2.05) is 0 Å². The number of halogens is 3. The minimum atomic E-state index is -4.81. The highest BCUT2D eigenvalue weighted by atomic mass is 19.4. The Hall–Kier alpha value is -3.31. The van der Waals surface area contributed by atoms with Crippen LogP contribution in [-0.4, -0.2) is 69.5 Å². The first kappa shape index (κ1) is 24.8. The Balaban J connectivity index is 1.39. The van der Waals surface area contributed by atoms with E-state index in [0.717, 1.165) is 30.7 Å². The summed E-state index contributed by atoms with van der Waals surface area (Å²) in [6.45, 7) is 3.77. The van der Waals surface area contributed by atoms with E-state index < -0.39 is 23.9 Å². The third-order valence-corrected chi connectivity index (χ3v) is 6.11. The number of ether oxygens (including phenoxy) is 2. The van der Waals surface area contributed by atoms with Gasteiger partial charge in [-0.3, -0.25) is 14.5 Å². The molecule has 11 heteroatoms. The Labute approximate surface area is 201 Å². The quantitative estimate of drug-likeness (QED) is 0.604. The SMILES string of the molecule is CN1CCc2cc([C@H](CNC(=O)C(=O)Nc3ccc(OC(F)(F)F)cc3)N3CCOCC3)ccc21. The predicted octanol–water partition coefficient (Wildman–Crippen LogP) is 2.71. The number of hydrogen-bond acceptors (Lipinski definition) is 6. The number of alkyl halides is 3. The second-order valence-electron chi connectivity index (χ2n) is 8.46. The Bertz CT molecular complexity index is 1060. The van der Waals surface area contributed by atoms with Crippen molar-refractivity contribution >= 4 is 23.2 Å². The summed E-state index contributed by atoms with van der Waals surface area (Å²) in [6, 6.07) is 10.7. The summed E-state index contributed by atoms with van der Waals surface area (Å²) in [7, 11) is 2.06. The lowest BCUT2D eigenvalue weighted by Gasteiger charge is -2.35. The highest BCUT2D eigenvalue weighted by Gasteiger charge is 2.31. The summed E-state index contributed by atoms with van der Waals surface area (Å²) < 4.78 is 46.1. The van der Waals surface area contributed by atoms with Gasteiger partial charge in [0.15, 0.2) is 0 Å². The number of hydrogen-bond donors (Lipinski definition) is 2. The van der Waals surface area contributed by atoms with Gasteiger partial charge in [-0.25, -0.2) is 0 Å². The molecule has 2 aromatic carbocycles. The van der Waals surface area contributed by atoms with E-state index in [9.17, 15) is 22.8 Å². The van der Waals surface area contributed by atoms with Crippen molar-refractivity contribution in [3.63, 3.8) is 0 Å². The van der Waals surface area contributed by atoms with Crippen LogP contribution in [0.1, 0.15) is 17.2 Å². The van der Waals surface area contributed by atoms with Gasteiger partial charge in [0.1, 0.15) is 5.75 Å². The number of morpholine rings is 1. The molecule has 0 bridgehead atoms. The lowest BCUT2D eigenvalue weighted by atomic mass is 10.0. The van der Waals surface area contributed by atoms with Crippen molar-refractivity contribution in [2.75, 3.05) is 56.7 Å². The smallest absolute Gasteiger partial charge is 0.406 e. The molecule has 2 heterocycles. The normalized spacial score (nSPS) is 17.0. The average molecular weight is 492 g/mol. The van der Waals surface area contributed by atoms with E-state index in [0.29, 0.717) is 26.3 Å². The van der Waals surface area contributed by atoms with Crippen LogP contribution >= 0.6 is 0 Å². The molecule has 2 N–H and O–H groups in total. The van der Waals surface area contributed by atoms with Gasteiger partial charge in [0, 0.05) is 44.6 Å². The molecule has 1 saturated heterocycles. The van der Waals surface area contributed by atoms with Gasteiger partial charge in [-0.2, -0.15) is 0 Å². The van der Waals surface area contributed by atoms with Crippen LogP contribution in [0.3, 0.4) is 0 Å². The van der Waals surface area contributed by atoms with E-state index in [4.69, 9.17) is 4.74 Å². The summed E-state index contributed by atoms with van der Waals surface area (Å²) >= 11 is 0. The number of nitrogens with zero attached hydrogens (tertiary/aromatic N) is 2. The molecule has 0 spiro atoms. The predicted molar refractivity (Wildman–Crippen MR) is 123 cm³/mol. The number of fused-ring (bicyclic) bond motifs is 1. The maximum absolute atomic E-state index is 12.5. The van der Waals surface area contributed by atoms with E-state index in [2.05, 4.69) is 50.4 Å². The summed E-state index contributed by atoms with van der Waals surface area (Å²) in [5, 5.41) is 5.09. The van der Waals surface area contributed by atoms with Crippen LogP contribution in [-0.2, 0) is 20.7 Å². The van der Waals surface area contributed by atoms with Gasteiger partial charge in [-0.05, 0) is 47.9 Å². The van der Waals surface area contributed by atoms with Crippen LogP contribution in [0.25, 0.3) is 0 Å². The molecule has 2 aliphatic rings. The Kier molecular flexibility index (Phi) is 7.46. The summed E-state index contributed by atoms with van der Waals surface area (Å²) in [6.07, 6.45) is -3.85. The fraction of sp³-hybridized carbons (Fsp3) is 0.417. The standard InChI is InChI=1S/C24H27F3N4O4/c1-30-9-8-17-14-16(2-7-20(17)30)21(31-10-12-34-13-11-31)15-28-22(32)23(33)29-18-3-5-19(6-4-18)35-24(25,26)27/h2-7,14,21H,8-13,15H2,1H3,(H,28,32)(H,29,33)/t21-/m0/s1. The van der Waals surface area contributed by atoms with Crippen LogP contribution in [0.2, 0.25) is 0 Å². The highest BCUT2D eigenvalue weighted by molar-refractivity contribution is 6.39. The third kappa shape index (κ3) is 6.43. The van der Waals surface area contributed by atoms with Gasteiger partial charge in [-0.15, -0.1) is 13.2 Å². The maximum Gasteiger partial charge on any atom is 0.573 e. The van der Waals surface area contributed by atoms with Crippen molar-refractivity contribution in [3.8, 4) is 5.75 Å². The molecule has 1 atom stereocenters. The molecular formula is C24H27F3N4O4. The molecule has 0 radical (unpaired) electrons. The number of likely N-dealkylation sites (N-methyl/N-ethyl adjacent to an activating group) is 1. The van der Waals surface area contributed by atoms with Crippen molar-refractivity contribution in [2.24, 2.45) is 0 Å². The van der Waals surface area contributed by atoms with Crippen LogP contribution in [0, 0.1) is 0 Å². The Morgan fingerprint density at radius 2 is 1.77 bits per heavy atom. The van der Waals surface area contributed by atoms with Gasteiger partial charge in [-0.1, -0.05) is 12.1 Å². The molecule has 8 nitrogen and oxygen atoms in total. The maximum atomic E-state index is 12.5. The monoisotopic (exact) mass is 492 g/mol. The van der Waals surface area contributed by atoms with E-state index in [1.165, 1.54) is 23.4 Å². The molecule has 188 valence electrons. The second-order valence-corrected chi connectivity index (χ2v) is 8.46. The first-order valence-electron chi connectivity index (χ1n) is 11.3. The number of rotatable bonds is 6. The zero-order chi connectivity index (χ0) is 25.0. The number of benzene rings is 2. The zero-order valence-corrected chi connectivity index (χ0v) is 19.2. The Morgan fingerprint density at radius 1 is 1.06 bits per heavy atom. The van der Waals surface area contributed by atoms with Crippen molar-refractivity contribution in [1.82, 2.24) is 10.2 Å². The van der Waals surface area contributed by atoms with Crippen molar-refractivity contribution in [3.05, 3.63) is 53.6 Å². The van der Waals surface area contributed by atoms with Gasteiger partial charge in [0.25, 0.3) is 0 Å². The van der Waals surface area contributed by atoms with Gasteiger partial charge < -0.3 is 25.0 Å². The first-order valence-corrected chi connectivity index (χ1v) is 11.3. The molecular weight excluding hydrogens is 465 g/mol. The fourth-order valence-electron chi connectivity index (χ4n) is 4.34. The molecule has 2 aliphatic heterocycles. The van der Waals surface area contributed by atoms with Gasteiger partial charge >= 0.3 is 18.2 Å². The second kappa shape index (κ2) is 10.5. The summed E-state index contributed by atoms with van der Waals surface area (Å²) in [5.41, 5.74) is 3.68. The lowest BCUT2D eigenvalue weighted by molar-refractivity contribution is -0.274. The van der Waals surface area contributed by atoms with Crippen LogP contribution in [0.15, 0.2) is 42.5 Å². The molecule has 0 unspecified atom stereocenters.